The fraction of sp³-hybridized carbons (Fsp3) is 0.357. The van der Waals surface area contributed by atoms with E-state index in [-0.39, 0.29) is 24.0 Å². The van der Waals surface area contributed by atoms with Gasteiger partial charge in [-0.05, 0) is 48.1 Å². The molecule has 4 rings (SSSR count). The smallest absolute Gasteiger partial charge is 0.403 e. The SMILES string of the molecule is CCCC1COC(c2ccc(-c3ccc(CCc4ccc(OC(F)(F)F)c(F)c4)c(F)c3F)cc2)OC1. The lowest BCUT2D eigenvalue weighted by molar-refractivity contribution is -0.275. The maximum absolute atomic E-state index is 14.9. The minimum atomic E-state index is -5.01. The largest absolute Gasteiger partial charge is 0.573 e. The second-order valence-electron chi connectivity index (χ2n) is 8.99. The van der Waals surface area contributed by atoms with Crippen LogP contribution in [0.2, 0.25) is 0 Å². The zero-order valence-corrected chi connectivity index (χ0v) is 20.1. The van der Waals surface area contributed by atoms with Crippen LogP contribution in [0.3, 0.4) is 0 Å². The third kappa shape index (κ3) is 6.84. The van der Waals surface area contributed by atoms with Crippen LogP contribution in [0.15, 0.2) is 54.6 Å². The first-order chi connectivity index (χ1) is 17.6. The molecule has 0 saturated carbocycles. The van der Waals surface area contributed by atoms with E-state index in [1.54, 1.807) is 24.3 Å². The number of rotatable bonds is 8. The summed E-state index contributed by atoms with van der Waals surface area (Å²) < 4.78 is 95.7. The molecule has 0 radical (unpaired) electrons. The lowest BCUT2D eigenvalue weighted by Gasteiger charge is -2.29. The molecular formula is C28H26F6O3. The molecule has 1 aliphatic heterocycles. The monoisotopic (exact) mass is 524 g/mol. The highest BCUT2D eigenvalue weighted by molar-refractivity contribution is 5.65. The Kier molecular flexibility index (Phi) is 8.44. The lowest BCUT2D eigenvalue weighted by atomic mass is 9.98. The number of benzene rings is 3. The molecule has 0 atom stereocenters. The Morgan fingerprint density at radius 1 is 0.865 bits per heavy atom. The normalized spacial score (nSPS) is 18.1. The number of hydrogen-bond acceptors (Lipinski definition) is 3. The fourth-order valence-electron chi connectivity index (χ4n) is 4.32. The molecule has 3 aromatic rings. The number of ether oxygens (including phenoxy) is 3. The van der Waals surface area contributed by atoms with Gasteiger partial charge in [-0.15, -0.1) is 13.2 Å². The zero-order chi connectivity index (χ0) is 26.6. The topological polar surface area (TPSA) is 27.7 Å². The molecular weight excluding hydrogens is 498 g/mol. The second-order valence-corrected chi connectivity index (χ2v) is 8.99. The van der Waals surface area contributed by atoms with Crippen LogP contribution in [0.5, 0.6) is 5.75 Å². The van der Waals surface area contributed by atoms with E-state index >= 15 is 0 Å². The summed E-state index contributed by atoms with van der Waals surface area (Å²) in [5.41, 5.74) is 1.74. The first-order valence-electron chi connectivity index (χ1n) is 12.0. The molecule has 1 heterocycles. The summed E-state index contributed by atoms with van der Waals surface area (Å²) in [6.07, 6.45) is -3.30. The molecule has 0 aliphatic carbocycles. The van der Waals surface area contributed by atoms with Gasteiger partial charge in [0.2, 0.25) is 0 Å². The number of hydrogen-bond donors (Lipinski definition) is 0. The summed E-state index contributed by atoms with van der Waals surface area (Å²) in [5, 5.41) is 0. The summed E-state index contributed by atoms with van der Waals surface area (Å²) in [6, 6.07) is 12.8. The van der Waals surface area contributed by atoms with Crippen molar-refractivity contribution in [3.8, 4) is 16.9 Å². The van der Waals surface area contributed by atoms with Gasteiger partial charge in [0.15, 0.2) is 29.5 Å². The van der Waals surface area contributed by atoms with E-state index in [1.807, 2.05) is 0 Å². The molecule has 0 N–H and O–H groups in total. The highest BCUT2D eigenvalue weighted by Gasteiger charge is 2.32. The molecule has 9 heteroatoms. The van der Waals surface area contributed by atoms with Crippen LogP contribution in [0.25, 0.3) is 11.1 Å². The highest BCUT2D eigenvalue weighted by Crippen LogP contribution is 2.32. The molecule has 0 amide bonds. The molecule has 0 spiro atoms. The summed E-state index contributed by atoms with van der Waals surface area (Å²) in [7, 11) is 0. The van der Waals surface area contributed by atoms with E-state index in [4.69, 9.17) is 9.47 Å². The van der Waals surface area contributed by atoms with Crippen LogP contribution in [-0.2, 0) is 22.3 Å². The Labute approximate surface area is 211 Å². The molecule has 1 fully saturated rings. The van der Waals surface area contributed by atoms with Gasteiger partial charge in [-0.3, -0.25) is 0 Å². The van der Waals surface area contributed by atoms with Crippen molar-refractivity contribution in [1.82, 2.24) is 0 Å². The minimum Gasteiger partial charge on any atom is -0.403 e. The molecule has 198 valence electrons. The first-order valence-corrected chi connectivity index (χ1v) is 12.0. The predicted molar refractivity (Wildman–Crippen MR) is 125 cm³/mol. The molecule has 3 nitrogen and oxygen atoms in total. The van der Waals surface area contributed by atoms with Crippen LogP contribution in [0, 0.1) is 23.4 Å². The lowest BCUT2D eigenvalue weighted by Crippen LogP contribution is -2.26. The van der Waals surface area contributed by atoms with Crippen molar-refractivity contribution in [3.05, 3.63) is 88.7 Å². The quantitative estimate of drug-likeness (QED) is 0.280. The standard InChI is InChI=1S/C28H26F6O3/c1-2-3-18-15-35-27(36-16-18)21-9-7-19(8-10-21)22-12-11-20(25(30)26(22)31)6-4-17-5-13-24(23(29)14-17)37-28(32,33)34/h5,7-14,18,27H,2-4,6,15-16H2,1H3. The van der Waals surface area contributed by atoms with Gasteiger partial charge in [-0.1, -0.05) is 55.8 Å². The van der Waals surface area contributed by atoms with Crippen molar-refractivity contribution >= 4 is 0 Å². The molecule has 37 heavy (non-hydrogen) atoms. The molecule has 3 aromatic carbocycles. The van der Waals surface area contributed by atoms with Gasteiger partial charge in [-0.25, -0.2) is 13.2 Å². The van der Waals surface area contributed by atoms with E-state index in [0.717, 1.165) is 30.5 Å². The average molecular weight is 525 g/mol. The van der Waals surface area contributed by atoms with Crippen LogP contribution in [-0.4, -0.2) is 19.6 Å². The number of alkyl halides is 3. The van der Waals surface area contributed by atoms with Crippen molar-refractivity contribution in [2.75, 3.05) is 13.2 Å². The summed E-state index contributed by atoms with van der Waals surface area (Å²) in [4.78, 5) is 0. The van der Waals surface area contributed by atoms with Gasteiger partial charge in [0.1, 0.15) is 0 Å². The van der Waals surface area contributed by atoms with Gasteiger partial charge in [0.05, 0.1) is 13.2 Å². The van der Waals surface area contributed by atoms with E-state index in [0.29, 0.717) is 30.3 Å². The zero-order valence-electron chi connectivity index (χ0n) is 20.1. The summed E-state index contributed by atoms with van der Waals surface area (Å²) >= 11 is 0. The number of halogens is 6. The van der Waals surface area contributed by atoms with E-state index in [9.17, 15) is 26.3 Å². The van der Waals surface area contributed by atoms with Crippen molar-refractivity contribution < 1.29 is 40.6 Å². The van der Waals surface area contributed by atoms with Gasteiger partial charge in [-0.2, -0.15) is 0 Å². The average Bonchev–Trinajstić information content (AvgIpc) is 2.87. The van der Waals surface area contributed by atoms with E-state index in [2.05, 4.69) is 11.7 Å². The van der Waals surface area contributed by atoms with Gasteiger partial charge in [0, 0.05) is 17.0 Å². The van der Waals surface area contributed by atoms with Gasteiger partial charge >= 0.3 is 6.36 Å². The Bertz CT molecular complexity index is 1200. The summed E-state index contributed by atoms with van der Waals surface area (Å²) in [6.45, 7) is 3.33. The van der Waals surface area contributed by atoms with Gasteiger partial charge < -0.3 is 14.2 Å². The Balaban J connectivity index is 1.41. The van der Waals surface area contributed by atoms with Crippen LogP contribution in [0.1, 0.15) is 42.7 Å². The maximum atomic E-state index is 14.9. The van der Waals surface area contributed by atoms with Crippen molar-refractivity contribution in [2.45, 2.75) is 45.3 Å². The van der Waals surface area contributed by atoms with Crippen LogP contribution >= 0.6 is 0 Å². The summed E-state index contributed by atoms with van der Waals surface area (Å²) in [5.74, 6) is -3.81. The molecule has 1 aliphatic rings. The molecule has 0 aromatic heterocycles. The van der Waals surface area contributed by atoms with Crippen LogP contribution < -0.4 is 4.74 Å². The van der Waals surface area contributed by atoms with Crippen molar-refractivity contribution in [3.63, 3.8) is 0 Å². The molecule has 1 saturated heterocycles. The third-order valence-electron chi connectivity index (χ3n) is 6.22. The Morgan fingerprint density at radius 3 is 2.19 bits per heavy atom. The van der Waals surface area contributed by atoms with E-state index in [1.165, 1.54) is 18.2 Å². The predicted octanol–water partition coefficient (Wildman–Crippen LogP) is 7.92. The minimum absolute atomic E-state index is 0.0241. The van der Waals surface area contributed by atoms with Crippen molar-refractivity contribution in [1.29, 1.82) is 0 Å². The third-order valence-corrected chi connectivity index (χ3v) is 6.22. The molecule has 0 bridgehead atoms. The van der Waals surface area contributed by atoms with Crippen LogP contribution in [0.4, 0.5) is 26.3 Å². The number of aryl methyl sites for hydroxylation is 2. The Hall–Kier alpha value is -3.04. The maximum Gasteiger partial charge on any atom is 0.573 e. The Morgan fingerprint density at radius 2 is 1.57 bits per heavy atom. The fourth-order valence-corrected chi connectivity index (χ4v) is 4.32. The van der Waals surface area contributed by atoms with E-state index < -0.39 is 35.9 Å². The second kappa shape index (κ2) is 11.6. The van der Waals surface area contributed by atoms with Crippen molar-refractivity contribution in [2.24, 2.45) is 5.92 Å². The highest BCUT2D eigenvalue weighted by atomic mass is 19.4. The van der Waals surface area contributed by atoms with Gasteiger partial charge in [0.25, 0.3) is 0 Å². The molecule has 0 unspecified atom stereocenters. The first kappa shape index (κ1) is 27.0.